The van der Waals surface area contributed by atoms with E-state index in [1.807, 2.05) is 9.80 Å². The van der Waals surface area contributed by atoms with E-state index in [1.54, 1.807) is 31.2 Å². The van der Waals surface area contributed by atoms with E-state index < -0.39 is 17.8 Å². The Balaban J connectivity index is 1.36. The molecule has 1 aliphatic rings. The average molecular weight is 433 g/mol. The van der Waals surface area contributed by atoms with Crippen LogP contribution in [0, 0.1) is 0 Å². The molecule has 4 rings (SSSR count). The molecule has 3 aromatic rings. The lowest BCUT2D eigenvalue weighted by atomic mass is 10.1. The second kappa shape index (κ2) is 8.10. The summed E-state index contributed by atoms with van der Waals surface area (Å²) in [5.74, 6) is -0.190. The molecule has 31 heavy (non-hydrogen) atoms. The number of benzene rings is 2. The van der Waals surface area contributed by atoms with Gasteiger partial charge in [-0.25, -0.2) is 4.79 Å². The Morgan fingerprint density at radius 1 is 1.03 bits per heavy atom. The summed E-state index contributed by atoms with van der Waals surface area (Å²) in [6.45, 7) is 3.95. The molecule has 1 aromatic heterocycles. The molecule has 0 aliphatic carbocycles. The molecule has 3 N–H and O–H groups in total. The highest BCUT2D eigenvalue weighted by molar-refractivity contribution is 5.96. The minimum absolute atomic E-state index is 0.190. The van der Waals surface area contributed by atoms with Gasteiger partial charge in [-0.05, 0) is 43.3 Å². The van der Waals surface area contributed by atoms with Crippen molar-refractivity contribution < 1.29 is 18.0 Å². The number of imidazole rings is 1. The third kappa shape index (κ3) is 4.58. The number of alkyl halides is 3. The van der Waals surface area contributed by atoms with Crippen molar-refractivity contribution in [1.29, 1.82) is 0 Å². The maximum atomic E-state index is 13.0. The fourth-order valence-electron chi connectivity index (χ4n) is 3.77. The summed E-state index contributed by atoms with van der Waals surface area (Å²) >= 11 is 0. The van der Waals surface area contributed by atoms with Crippen LogP contribution in [0.5, 0.6) is 0 Å². The van der Waals surface area contributed by atoms with Crippen LogP contribution in [0.15, 0.2) is 47.3 Å². The number of aromatic amines is 2. The van der Waals surface area contributed by atoms with E-state index in [9.17, 15) is 22.8 Å². The number of rotatable bonds is 4. The third-order valence-electron chi connectivity index (χ3n) is 5.56. The Morgan fingerprint density at radius 2 is 1.74 bits per heavy atom. The van der Waals surface area contributed by atoms with Crippen LogP contribution in [0.1, 0.15) is 12.5 Å². The molecule has 0 radical (unpaired) electrons. The van der Waals surface area contributed by atoms with Gasteiger partial charge in [0.2, 0.25) is 5.91 Å². The van der Waals surface area contributed by atoms with Crippen molar-refractivity contribution in [1.82, 2.24) is 14.9 Å². The Labute approximate surface area is 175 Å². The molecule has 1 saturated heterocycles. The maximum Gasteiger partial charge on any atom is 0.416 e. The molecule has 0 unspecified atom stereocenters. The molecule has 0 spiro atoms. The van der Waals surface area contributed by atoms with E-state index in [2.05, 4.69) is 15.3 Å². The van der Waals surface area contributed by atoms with Gasteiger partial charge in [-0.15, -0.1) is 0 Å². The van der Waals surface area contributed by atoms with Gasteiger partial charge in [-0.2, -0.15) is 13.2 Å². The molecule has 0 bridgehead atoms. The van der Waals surface area contributed by atoms with Crippen LogP contribution in [-0.4, -0.2) is 53.0 Å². The molecule has 7 nitrogen and oxygen atoms in total. The van der Waals surface area contributed by atoms with Crippen molar-refractivity contribution in [2.45, 2.75) is 19.1 Å². The summed E-state index contributed by atoms with van der Waals surface area (Å²) in [6, 6.07) is 10.00. The normalized spacial score (nSPS) is 16.5. The van der Waals surface area contributed by atoms with E-state index >= 15 is 0 Å². The van der Waals surface area contributed by atoms with Gasteiger partial charge in [0.25, 0.3) is 0 Å². The van der Waals surface area contributed by atoms with Crippen molar-refractivity contribution in [2.24, 2.45) is 0 Å². The van der Waals surface area contributed by atoms with Crippen molar-refractivity contribution >= 4 is 28.3 Å². The van der Waals surface area contributed by atoms with Crippen LogP contribution in [0.2, 0.25) is 0 Å². The lowest BCUT2D eigenvalue weighted by molar-refractivity contribution is -0.137. The predicted molar refractivity (Wildman–Crippen MR) is 112 cm³/mol. The quantitative estimate of drug-likeness (QED) is 0.591. The third-order valence-corrected chi connectivity index (χ3v) is 5.56. The molecule has 164 valence electrons. The van der Waals surface area contributed by atoms with Crippen molar-refractivity contribution in [2.75, 3.05) is 36.4 Å². The molecule has 0 saturated carbocycles. The van der Waals surface area contributed by atoms with E-state index in [0.717, 1.165) is 12.1 Å². The SMILES string of the molecule is C[C@@H](C(=O)Nc1ccc2[nH]c(=O)[nH]c2c1)N1CCN(c2cccc(C(F)(F)F)c2)CC1. The number of nitrogens with zero attached hydrogens (tertiary/aromatic N) is 2. The first-order valence-corrected chi connectivity index (χ1v) is 9.90. The maximum absolute atomic E-state index is 13.0. The van der Waals surface area contributed by atoms with Crippen molar-refractivity contribution in [3.05, 3.63) is 58.5 Å². The zero-order valence-electron chi connectivity index (χ0n) is 16.8. The summed E-state index contributed by atoms with van der Waals surface area (Å²) in [5, 5.41) is 2.85. The van der Waals surface area contributed by atoms with Gasteiger partial charge in [-0.3, -0.25) is 9.69 Å². The van der Waals surface area contributed by atoms with E-state index in [4.69, 9.17) is 0 Å². The van der Waals surface area contributed by atoms with Crippen LogP contribution in [0.25, 0.3) is 11.0 Å². The highest BCUT2D eigenvalue weighted by Gasteiger charge is 2.31. The topological polar surface area (TPSA) is 84.2 Å². The minimum atomic E-state index is -4.37. The lowest BCUT2D eigenvalue weighted by Gasteiger charge is -2.38. The van der Waals surface area contributed by atoms with Crippen LogP contribution in [0.3, 0.4) is 0 Å². The Hall–Kier alpha value is -3.27. The van der Waals surface area contributed by atoms with Crippen molar-refractivity contribution in [3.8, 4) is 0 Å². The fourth-order valence-corrected chi connectivity index (χ4v) is 3.77. The summed E-state index contributed by atoms with van der Waals surface area (Å²) in [6.07, 6.45) is -4.37. The number of halogens is 3. The van der Waals surface area contributed by atoms with E-state index in [1.165, 1.54) is 6.07 Å². The van der Waals surface area contributed by atoms with Gasteiger partial charge < -0.3 is 20.2 Å². The van der Waals surface area contributed by atoms with Crippen molar-refractivity contribution in [3.63, 3.8) is 0 Å². The number of anilines is 2. The smallest absolute Gasteiger partial charge is 0.369 e. The number of fused-ring (bicyclic) bond motifs is 1. The molecule has 2 aromatic carbocycles. The van der Waals surface area contributed by atoms with Gasteiger partial charge in [0.05, 0.1) is 22.6 Å². The standard InChI is InChI=1S/C21H22F3N5O2/c1-13(19(30)25-15-5-6-17-18(12-15)27-20(31)26-17)28-7-9-29(10-8-28)16-4-2-3-14(11-16)21(22,23)24/h2-6,11-13H,7-10H2,1H3,(H,25,30)(H2,26,27,31)/t13-/m0/s1. The highest BCUT2D eigenvalue weighted by Crippen LogP contribution is 2.32. The average Bonchev–Trinajstić information content (AvgIpc) is 3.12. The summed E-state index contributed by atoms with van der Waals surface area (Å²) in [5.41, 5.74) is 1.38. The first-order valence-electron chi connectivity index (χ1n) is 9.90. The molecule has 10 heteroatoms. The monoisotopic (exact) mass is 433 g/mol. The molecule has 2 heterocycles. The number of amides is 1. The summed E-state index contributed by atoms with van der Waals surface area (Å²) in [7, 11) is 0. The first-order chi connectivity index (χ1) is 14.7. The van der Waals surface area contributed by atoms with E-state index in [0.29, 0.717) is 48.6 Å². The predicted octanol–water partition coefficient (Wildman–Crippen LogP) is 3.02. The first kappa shape index (κ1) is 21.0. The molecular weight excluding hydrogens is 411 g/mol. The molecule has 1 amide bonds. The summed E-state index contributed by atoms with van der Waals surface area (Å²) < 4.78 is 38.9. The molecule has 1 atom stereocenters. The second-order valence-electron chi connectivity index (χ2n) is 7.58. The van der Waals surface area contributed by atoms with E-state index in [-0.39, 0.29) is 11.6 Å². The van der Waals surface area contributed by atoms with Crippen LogP contribution < -0.4 is 15.9 Å². The zero-order valence-corrected chi connectivity index (χ0v) is 16.8. The lowest BCUT2D eigenvalue weighted by Crippen LogP contribution is -2.52. The largest absolute Gasteiger partial charge is 0.416 e. The van der Waals surface area contributed by atoms with Gasteiger partial charge in [-0.1, -0.05) is 6.07 Å². The fraction of sp³-hybridized carbons (Fsp3) is 0.333. The van der Waals surface area contributed by atoms with Crippen LogP contribution in [-0.2, 0) is 11.0 Å². The number of nitrogens with one attached hydrogen (secondary N) is 3. The van der Waals surface area contributed by atoms with Gasteiger partial charge in [0.1, 0.15) is 0 Å². The highest BCUT2D eigenvalue weighted by atomic mass is 19.4. The van der Waals surface area contributed by atoms with Crippen LogP contribution >= 0.6 is 0 Å². The minimum Gasteiger partial charge on any atom is -0.369 e. The summed E-state index contributed by atoms with van der Waals surface area (Å²) in [4.78, 5) is 33.2. The van der Waals surface area contributed by atoms with Crippen LogP contribution in [0.4, 0.5) is 24.5 Å². The number of piperazine rings is 1. The number of carbonyl (C=O) groups is 1. The number of aromatic nitrogens is 2. The van der Waals surface area contributed by atoms with Gasteiger partial charge >= 0.3 is 11.9 Å². The Morgan fingerprint density at radius 3 is 2.45 bits per heavy atom. The van der Waals surface area contributed by atoms with Gasteiger partial charge in [0, 0.05) is 37.6 Å². The second-order valence-corrected chi connectivity index (χ2v) is 7.58. The Bertz CT molecular complexity index is 1150. The molecular formula is C21H22F3N5O2. The number of hydrogen-bond donors (Lipinski definition) is 3. The number of carbonyl (C=O) groups excluding carboxylic acids is 1. The number of hydrogen-bond acceptors (Lipinski definition) is 4. The zero-order chi connectivity index (χ0) is 22.2. The molecule has 1 aliphatic heterocycles. The molecule has 1 fully saturated rings. The number of H-pyrrole nitrogens is 2. The Kier molecular flexibility index (Phi) is 5.48. The van der Waals surface area contributed by atoms with Gasteiger partial charge in [0.15, 0.2) is 0 Å².